The quantitative estimate of drug-likeness (QED) is 0.557. The SMILES string of the molecule is CCNC(=NCCN(C)C1CCCC1)NC1CCC(SC)C1. The van der Waals surface area contributed by atoms with Gasteiger partial charge in [-0.1, -0.05) is 12.8 Å². The molecule has 2 fully saturated rings. The molecule has 5 heteroatoms. The molecule has 2 atom stereocenters. The van der Waals surface area contributed by atoms with E-state index < -0.39 is 0 Å². The number of hydrogen-bond acceptors (Lipinski definition) is 3. The normalized spacial score (nSPS) is 26.8. The van der Waals surface area contributed by atoms with Gasteiger partial charge in [0.25, 0.3) is 0 Å². The van der Waals surface area contributed by atoms with E-state index in [9.17, 15) is 0 Å². The van der Waals surface area contributed by atoms with Gasteiger partial charge in [-0.2, -0.15) is 11.8 Å². The van der Waals surface area contributed by atoms with Crippen molar-refractivity contribution in [2.45, 2.75) is 69.2 Å². The summed E-state index contributed by atoms with van der Waals surface area (Å²) in [5.74, 6) is 1.01. The molecule has 0 saturated heterocycles. The number of thioether (sulfide) groups is 1. The zero-order valence-electron chi connectivity index (χ0n) is 14.6. The average molecular weight is 327 g/mol. The van der Waals surface area contributed by atoms with Crippen molar-refractivity contribution in [2.24, 2.45) is 4.99 Å². The highest BCUT2D eigenvalue weighted by Crippen LogP contribution is 2.28. The number of likely N-dealkylation sites (N-methyl/N-ethyl adjacent to an activating group) is 1. The minimum Gasteiger partial charge on any atom is -0.357 e. The largest absolute Gasteiger partial charge is 0.357 e. The van der Waals surface area contributed by atoms with Crippen LogP contribution >= 0.6 is 11.8 Å². The molecule has 128 valence electrons. The lowest BCUT2D eigenvalue weighted by Gasteiger charge is -2.23. The van der Waals surface area contributed by atoms with Gasteiger partial charge in [-0.15, -0.1) is 0 Å². The van der Waals surface area contributed by atoms with Gasteiger partial charge in [-0.3, -0.25) is 4.99 Å². The van der Waals surface area contributed by atoms with Gasteiger partial charge < -0.3 is 15.5 Å². The van der Waals surface area contributed by atoms with Gasteiger partial charge in [0.05, 0.1) is 6.54 Å². The fraction of sp³-hybridized carbons (Fsp3) is 0.941. The smallest absolute Gasteiger partial charge is 0.191 e. The third-order valence-corrected chi connectivity index (χ3v) is 6.17. The maximum atomic E-state index is 4.79. The second-order valence-electron chi connectivity index (χ2n) is 6.69. The van der Waals surface area contributed by atoms with E-state index in [0.29, 0.717) is 6.04 Å². The summed E-state index contributed by atoms with van der Waals surface area (Å²) in [4.78, 5) is 7.28. The fourth-order valence-corrected chi connectivity index (χ4v) is 4.44. The lowest BCUT2D eigenvalue weighted by molar-refractivity contribution is 0.252. The Kier molecular flexibility index (Phi) is 7.87. The molecular formula is C17H34N4S. The van der Waals surface area contributed by atoms with Crippen molar-refractivity contribution in [3.05, 3.63) is 0 Å². The maximum absolute atomic E-state index is 4.79. The number of guanidine groups is 1. The van der Waals surface area contributed by atoms with Crippen LogP contribution in [0.3, 0.4) is 0 Å². The average Bonchev–Trinajstić information content (AvgIpc) is 3.18. The van der Waals surface area contributed by atoms with E-state index in [1.54, 1.807) is 0 Å². The molecule has 0 heterocycles. The molecule has 0 aromatic heterocycles. The number of nitrogens with zero attached hydrogens (tertiary/aromatic N) is 2. The van der Waals surface area contributed by atoms with Crippen LogP contribution in [0.1, 0.15) is 51.9 Å². The van der Waals surface area contributed by atoms with E-state index >= 15 is 0 Å². The zero-order valence-corrected chi connectivity index (χ0v) is 15.4. The van der Waals surface area contributed by atoms with E-state index in [1.807, 2.05) is 11.8 Å². The van der Waals surface area contributed by atoms with E-state index in [4.69, 9.17) is 4.99 Å². The van der Waals surface area contributed by atoms with Crippen molar-refractivity contribution in [2.75, 3.05) is 32.9 Å². The van der Waals surface area contributed by atoms with Crippen molar-refractivity contribution >= 4 is 17.7 Å². The Morgan fingerprint density at radius 1 is 1.23 bits per heavy atom. The topological polar surface area (TPSA) is 39.7 Å². The maximum Gasteiger partial charge on any atom is 0.191 e. The summed E-state index contributed by atoms with van der Waals surface area (Å²) in [6.07, 6.45) is 11.7. The first kappa shape index (κ1) is 17.9. The van der Waals surface area contributed by atoms with Crippen LogP contribution in [0.25, 0.3) is 0 Å². The summed E-state index contributed by atoms with van der Waals surface area (Å²) in [6.45, 7) is 5.03. The summed E-state index contributed by atoms with van der Waals surface area (Å²) in [7, 11) is 2.26. The molecule has 2 rings (SSSR count). The van der Waals surface area contributed by atoms with Gasteiger partial charge in [-0.25, -0.2) is 0 Å². The van der Waals surface area contributed by atoms with Crippen molar-refractivity contribution in [1.29, 1.82) is 0 Å². The first-order chi connectivity index (χ1) is 10.7. The number of nitrogens with one attached hydrogen (secondary N) is 2. The van der Waals surface area contributed by atoms with Crippen molar-refractivity contribution in [3.63, 3.8) is 0 Å². The lowest BCUT2D eigenvalue weighted by Crippen LogP contribution is -2.43. The second kappa shape index (κ2) is 9.66. The van der Waals surface area contributed by atoms with Crippen LogP contribution in [0.15, 0.2) is 4.99 Å². The standard InChI is InChI=1S/C17H34N4S/c1-4-18-17(20-14-9-10-16(13-14)22-3)19-11-12-21(2)15-7-5-6-8-15/h14-16H,4-13H2,1-3H3,(H2,18,19,20). The molecule has 0 bridgehead atoms. The molecule has 2 aliphatic carbocycles. The van der Waals surface area contributed by atoms with Crippen molar-refractivity contribution < 1.29 is 0 Å². The summed E-state index contributed by atoms with van der Waals surface area (Å²) in [5, 5.41) is 7.86. The Bertz CT molecular complexity index is 342. The summed E-state index contributed by atoms with van der Waals surface area (Å²) in [6, 6.07) is 1.39. The highest BCUT2D eigenvalue weighted by atomic mass is 32.2. The van der Waals surface area contributed by atoms with Gasteiger partial charge >= 0.3 is 0 Å². The van der Waals surface area contributed by atoms with Gasteiger partial charge in [0.1, 0.15) is 0 Å². The molecule has 4 nitrogen and oxygen atoms in total. The number of hydrogen-bond donors (Lipinski definition) is 2. The molecule has 2 unspecified atom stereocenters. The molecule has 2 N–H and O–H groups in total. The van der Waals surface area contributed by atoms with E-state index in [0.717, 1.165) is 36.9 Å². The number of aliphatic imine (C=N–C) groups is 1. The highest BCUT2D eigenvalue weighted by Gasteiger charge is 2.24. The van der Waals surface area contributed by atoms with Crippen LogP contribution < -0.4 is 10.6 Å². The van der Waals surface area contributed by atoms with Crippen molar-refractivity contribution in [3.8, 4) is 0 Å². The fourth-order valence-electron chi connectivity index (χ4n) is 3.65. The third kappa shape index (κ3) is 5.65. The van der Waals surface area contributed by atoms with Crippen LogP contribution in [-0.4, -0.2) is 61.1 Å². The third-order valence-electron chi connectivity index (χ3n) is 5.07. The predicted octanol–water partition coefficient (Wildman–Crippen LogP) is 2.70. The predicted molar refractivity (Wildman–Crippen MR) is 98.9 cm³/mol. The molecule has 0 aliphatic heterocycles. The van der Waals surface area contributed by atoms with Crippen LogP contribution in [0, 0.1) is 0 Å². The molecule has 2 aliphatic rings. The zero-order chi connectivity index (χ0) is 15.8. The van der Waals surface area contributed by atoms with Crippen LogP contribution in [0.4, 0.5) is 0 Å². The molecular weight excluding hydrogens is 292 g/mol. The monoisotopic (exact) mass is 326 g/mol. The van der Waals surface area contributed by atoms with Gasteiger partial charge in [0.2, 0.25) is 0 Å². The van der Waals surface area contributed by atoms with E-state index in [-0.39, 0.29) is 0 Å². The van der Waals surface area contributed by atoms with E-state index in [2.05, 4.69) is 35.8 Å². The first-order valence-electron chi connectivity index (χ1n) is 9.00. The lowest BCUT2D eigenvalue weighted by atomic mass is 10.2. The first-order valence-corrected chi connectivity index (χ1v) is 10.3. The number of rotatable bonds is 7. The van der Waals surface area contributed by atoms with E-state index in [1.165, 1.54) is 44.9 Å². The van der Waals surface area contributed by atoms with Crippen LogP contribution in [-0.2, 0) is 0 Å². The molecule has 0 amide bonds. The Morgan fingerprint density at radius 2 is 2.00 bits per heavy atom. The Labute approximate surface area is 140 Å². The second-order valence-corrected chi connectivity index (χ2v) is 7.83. The minimum absolute atomic E-state index is 0.600. The van der Waals surface area contributed by atoms with Crippen LogP contribution in [0.2, 0.25) is 0 Å². The molecule has 0 spiro atoms. The van der Waals surface area contributed by atoms with Gasteiger partial charge in [-0.05, 0) is 52.3 Å². The minimum atomic E-state index is 0.600. The van der Waals surface area contributed by atoms with Gasteiger partial charge in [0.15, 0.2) is 5.96 Å². The summed E-state index contributed by atoms with van der Waals surface area (Å²) >= 11 is 2.01. The summed E-state index contributed by atoms with van der Waals surface area (Å²) in [5.41, 5.74) is 0. The molecule has 22 heavy (non-hydrogen) atoms. The van der Waals surface area contributed by atoms with Gasteiger partial charge in [0, 0.05) is 30.4 Å². The molecule has 0 aromatic rings. The highest BCUT2D eigenvalue weighted by molar-refractivity contribution is 7.99. The molecule has 0 aromatic carbocycles. The summed E-state index contributed by atoms with van der Waals surface area (Å²) < 4.78 is 0. The van der Waals surface area contributed by atoms with Crippen molar-refractivity contribution in [1.82, 2.24) is 15.5 Å². The Hall–Kier alpha value is -0.420. The Balaban J connectivity index is 1.74. The van der Waals surface area contributed by atoms with Crippen LogP contribution in [0.5, 0.6) is 0 Å². The Morgan fingerprint density at radius 3 is 2.64 bits per heavy atom. The molecule has 0 radical (unpaired) electrons. The molecule has 2 saturated carbocycles.